The summed E-state index contributed by atoms with van der Waals surface area (Å²) in [5.41, 5.74) is 0. The molecule has 0 fully saturated rings. The molecular weight excluding hydrogens is 180 g/mol. The predicted molar refractivity (Wildman–Crippen MR) is 31.3 cm³/mol. The molecule has 0 aromatic carbocycles. The monoisotopic (exact) mass is 190 g/mol. The van der Waals surface area contributed by atoms with Gasteiger partial charge in [0.2, 0.25) is 6.33 Å². The molecule has 0 unspecified atom stereocenters. The Morgan fingerprint density at radius 2 is 2.22 bits per heavy atom. The predicted octanol–water partition coefficient (Wildman–Crippen LogP) is -2.66. The molecule has 0 spiro atoms. The normalized spacial score (nSPS) is 8.67. The third-order valence-corrected chi connectivity index (χ3v) is 1.19. The van der Waals surface area contributed by atoms with Crippen LogP contribution in [0.15, 0.2) is 18.7 Å². The van der Waals surface area contributed by atoms with Crippen LogP contribution in [0.25, 0.3) is 0 Å². The number of halogens is 1. The molecule has 3 heteroatoms. The van der Waals surface area contributed by atoms with E-state index in [9.17, 15) is 0 Å². The fourth-order valence-corrected chi connectivity index (χ4v) is 0.689. The van der Waals surface area contributed by atoms with E-state index in [4.69, 9.17) is 0 Å². The Morgan fingerprint density at radius 1 is 1.56 bits per heavy atom. The van der Waals surface area contributed by atoms with Gasteiger partial charge in [-0.15, -0.1) is 0 Å². The summed E-state index contributed by atoms with van der Waals surface area (Å²) < 4.78 is 4.16. The highest BCUT2D eigenvalue weighted by molar-refractivity contribution is 4.61. The number of nitrogens with zero attached hydrogens (tertiary/aromatic N) is 2. The maximum absolute atomic E-state index is 2.12. The van der Waals surface area contributed by atoms with E-state index >= 15 is 0 Å². The average molecular weight is 191 g/mol. The lowest BCUT2D eigenvalue weighted by Crippen LogP contribution is -3.00. The van der Waals surface area contributed by atoms with E-state index in [1.807, 2.05) is 17.8 Å². The number of aryl methyl sites for hydroxylation is 2. The van der Waals surface area contributed by atoms with E-state index < -0.39 is 0 Å². The van der Waals surface area contributed by atoms with Gasteiger partial charge >= 0.3 is 0 Å². The molecule has 0 amide bonds. The first-order valence-corrected chi connectivity index (χ1v) is 2.84. The molecule has 0 saturated carbocycles. The SMILES string of the molecule is CC[n+]1ccn(C)c1.[Br-]. The van der Waals surface area contributed by atoms with Gasteiger partial charge in [0.15, 0.2) is 0 Å². The minimum Gasteiger partial charge on any atom is -1.00 e. The molecule has 1 aromatic rings. The first-order chi connectivity index (χ1) is 3.83. The van der Waals surface area contributed by atoms with Crippen LogP contribution in [0, 0.1) is 0 Å². The van der Waals surface area contributed by atoms with Gasteiger partial charge in [-0.2, -0.15) is 0 Å². The van der Waals surface area contributed by atoms with Crippen LogP contribution in [0.5, 0.6) is 0 Å². The number of aromatic nitrogens is 2. The van der Waals surface area contributed by atoms with Gasteiger partial charge in [-0.05, 0) is 6.92 Å². The van der Waals surface area contributed by atoms with Crippen LogP contribution < -0.4 is 21.5 Å². The zero-order valence-corrected chi connectivity index (χ0v) is 7.30. The van der Waals surface area contributed by atoms with Crippen molar-refractivity contribution >= 4 is 0 Å². The van der Waals surface area contributed by atoms with Gasteiger partial charge in [0.1, 0.15) is 12.4 Å². The zero-order valence-electron chi connectivity index (χ0n) is 5.71. The third-order valence-electron chi connectivity index (χ3n) is 1.19. The van der Waals surface area contributed by atoms with Crippen LogP contribution in [-0.2, 0) is 13.6 Å². The molecule has 9 heavy (non-hydrogen) atoms. The van der Waals surface area contributed by atoms with Crippen molar-refractivity contribution in [2.24, 2.45) is 7.05 Å². The average Bonchev–Trinajstić information content (AvgIpc) is 2.14. The van der Waals surface area contributed by atoms with Crippen LogP contribution in [0.2, 0.25) is 0 Å². The highest BCUT2D eigenvalue weighted by Gasteiger charge is 1.92. The summed E-state index contributed by atoms with van der Waals surface area (Å²) in [6, 6.07) is 0. The molecule has 0 bridgehead atoms. The van der Waals surface area contributed by atoms with Crippen molar-refractivity contribution in [2.75, 3.05) is 0 Å². The van der Waals surface area contributed by atoms with Crippen molar-refractivity contribution in [3.05, 3.63) is 18.7 Å². The van der Waals surface area contributed by atoms with Crippen LogP contribution >= 0.6 is 0 Å². The molecule has 52 valence electrons. The van der Waals surface area contributed by atoms with Crippen molar-refractivity contribution < 1.29 is 21.5 Å². The summed E-state index contributed by atoms with van der Waals surface area (Å²) >= 11 is 0. The van der Waals surface area contributed by atoms with Gasteiger partial charge in [0.05, 0.1) is 13.6 Å². The van der Waals surface area contributed by atoms with Gasteiger partial charge in [0, 0.05) is 0 Å². The van der Waals surface area contributed by atoms with Gasteiger partial charge in [-0.1, -0.05) is 0 Å². The Kier molecular flexibility index (Phi) is 3.54. The molecule has 1 aromatic heterocycles. The van der Waals surface area contributed by atoms with Gasteiger partial charge in [0.25, 0.3) is 0 Å². The Bertz CT molecular complexity index is 171. The molecule has 1 rings (SSSR count). The van der Waals surface area contributed by atoms with Crippen LogP contribution in [-0.4, -0.2) is 4.57 Å². The van der Waals surface area contributed by atoms with Crippen molar-refractivity contribution in [1.29, 1.82) is 0 Å². The quantitative estimate of drug-likeness (QED) is 0.428. The number of rotatable bonds is 1. The maximum Gasteiger partial charge on any atom is 0.243 e. The smallest absolute Gasteiger partial charge is 0.243 e. The molecule has 0 radical (unpaired) electrons. The van der Waals surface area contributed by atoms with Crippen LogP contribution in [0.1, 0.15) is 6.92 Å². The summed E-state index contributed by atoms with van der Waals surface area (Å²) in [7, 11) is 2.02. The standard InChI is InChI=1S/C6H11N2.BrH/c1-3-8-5-4-7(2)6-8;/h4-6H,3H2,1-2H3;1H/q+1;/p-1. The van der Waals surface area contributed by atoms with Crippen LogP contribution in [0.3, 0.4) is 0 Å². The zero-order chi connectivity index (χ0) is 5.98. The van der Waals surface area contributed by atoms with Crippen molar-refractivity contribution in [3.8, 4) is 0 Å². The van der Waals surface area contributed by atoms with E-state index in [-0.39, 0.29) is 17.0 Å². The summed E-state index contributed by atoms with van der Waals surface area (Å²) in [5.74, 6) is 0. The molecule has 2 nitrogen and oxygen atoms in total. The highest BCUT2D eigenvalue weighted by Crippen LogP contribution is 1.74. The van der Waals surface area contributed by atoms with Crippen LogP contribution in [0.4, 0.5) is 0 Å². The first kappa shape index (κ1) is 8.69. The van der Waals surface area contributed by atoms with Gasteiger partial charge in [-0.3, -0.25) is 0 Å². The molecule has 0 aliphatic carbocycles. The molecule has 0 aliphatic rings. The molecule has 0 aliphatic heterocycles. The van der Waals surface area contributed by atoms with Gasteiger partial charge < -0.3 is 17.0 Å². The minimum absolute atomic E-state index is 0. The van der Waals surface area contributed by atoms with E-state index in [0.717, 1.165) is 6.54 Å². The maximum atomic E-state index is 2.12. The molecule has 0 N–H and O–H groups in total. The number of hydrogen-bond acceptors (Lipinski definition) is 0. The van der Waals surface area contributed by atoms with Gasteiger partial charge in [-0.25, -0.2) is 9.13 Å². The Labute approximate surface area is 65.9 Å². The Morgan fingerprint density at radius 3 is 2.44 bits per heavy atom. The highest BCUT2D eigenvalue weighted by atomic mass is 79.9. The molecular formula is C6H11BrN2. The summed E-state index contributed by atoms with van der Waals surface area (Å²) in [6.45, 7) is 3.18. The molecule has 0 saturated heterocycles. The lowest BCUT2D eigenvalue weighted by atomic mass is 10.7. The number of imidazole rings is 1. The third kappa shape index (κ3) is 2.18. The fraction of sp³-hybridized carbons (Fsp3) is 0.500. The second-order valence-corrected chi connectivity index (χ2v) is 1.91. The van der Waals surface area contributed by atoms with Crippen molar-refractivity contribution in [1.82, 2.24) is 4.57 Å². The Hall–Kier alpha value is -0.310. The minimum atomic E-state index is 0. The summed E-state index contributed by atoms with van der Waals surface area (Å²) in [6.07, 6.45) is 6.14. The lowest BCUT2D eigenvalue weighted by molar-refractivity contribution is -0.693. The van der Waals surface area contributed by atoms with E-state index in [0.29, 0.717) is 0 Å². The molecule has 0 atom stereocenters. The second-order valence-electron chi connectivity index (χ2n) is 1.91. The second kappa shape index (κ2) is 3.67. The van der Waals surface area contributed by atoms with Crippen molar-refractivity contribution in [2.45, 2.75) is 13.5 Å². The lowest BCUT2D eigenvalue weighted by Gasteiger charge is -1.81. The number of hydrogen-bond donors (Lipinski definition) is 0. The molecule has 1 heterocycles. The summed E-state index contributed by atoms with van der Waals surface area (Å²) in [5, 5.41) is 0. The Balaban J connectivity index is 0.000000640. The first-order valence-electron chi connectivity index (χ1n) is 2.84. The largest absolute Gasteiger partial charge is 1.00 e. The van der Waals surface area contributed by atoms with Crippen molar-refractivity contribution in [3.63, 3.8) is 0 Å². The van der Waals surface area contributed by atoms with E-state index in [1.165, 1.54) is 0 Å². The fourth-order valence-electron chi connectivity index (χ4n) is 0.689. The van der Waals surface area contributed by atoms with E-state index in [1.54, 1.807) is 0 Å². The topological polar surface area (TPSA) is 8.81 Å². The van der Waals surface area contributed by atoms with E-state index in [2.05, 4.69) is 24.0 Å². The summed E-state index contributed by atoms with van der Waals surface area (Å²) in [4.78, 5) is 0.